The number of benzene rings is 2. The summed E-state index contributed by atoms with van der Waals surface area (Å²) in [5, 5.41) is 3.01. The molecule has 1 saturated heterocycles. The highest BCUT2D eigenvalue weighted by atomic mass is 32.2. The molecule has 30 heavy (non-hydrogen) atoms. The number of ether oxygens (including phenoxy) is 1. The summed E-state index contributed by atoms with van der Waals surface area (Å²) in [4.78, 5) is 15.1. The van der Waals surface area contributed by atoms with Gasteiger partial charge in [0.25, 0.3) is 5.91 Å². The third kappa shape index (κ3) is 5.00. The van der Waals surface area contributed by atoms with Gasteiger partial charge in [-0.25, -0.2) is 8.42 Å². The fraction of sp³-hybridized carbons (Fsp3) is 0.409. The highest BCUT2D eigenvalue weighted by molar-refractivity contribution is 7.89. The highest BCUT2D eigenvalue weighted by Gasteiger charge is 2.28. The number of amides is 1. The molecule has 1 N–H and O–H groups in total. The molecule has 1 atom stereocenters. The molecule has 0 saturated carbocycles. The van der Waals surface area contributed by atoms with Crippen LogP contribution in [0.2, 0.25) is 0 Å². The van der Waals surface area contributed by atoms with Crippen molar-refractivity contribution in [2.75, 3.05) is 40.3 Å². The molecule has 0 bridgehead atoms. The van der Waals surface area contributed by atoms with E-state index in [0.717, 1.165) is 11.3 Å². The van der Waals surface area contributed by atoms with Crippen LogP contribution < -0.4 is 10.1 Å². The minimum atomic E-state index is -3.62. The number of methoxy groups -OCH3 is 1. The molecular weight excluding hydrogens is 402 g/mol. The van der Waals surface area contributed by atoms with E-state index in [0.29, 0.717) is 38.2 Å². The Labute approximate surface area is 178 Å². The largest absolute Gasteiger partial charge is 0.497 e. The van der Waals surface area contributed by atoms with Crippen LogP contribution in [0.15, 0.2) is 53.4 Å². The van der Waals surface area contributed by atoms with E-state index in [2.05, 4.69) is 10.2 Å². The summed E-state index contributed by atoms with van der Waals surface area (Å²) in [6, 6.07) is 13.6. The molecule has 7 nitrogen and oxygen atoms in total. The summed E-state index contributed by atoms with van der Waals surface area (Å²) in [6.45, 7) is 4.28. The number of hydrogen-bond acceptors (Lipinski definition) is 5. The van der Waals surface area contributed by atoms with Gasteiger partial charge in [0.1, 0.15) is 5.75 Å². The molecule has 8 heteroatoms. The number of rotatable bonds is 7. The molecule has 0 radical (unpaired) electrons. The zero-order valence-corrected chi connectivity index (χ0v) is 18.5. The van der Waals surface area contributed by atoms with E-state index in [9.17, 15) is 13.2 Å². The van der Waals surface area contributed by atoms with E-state index < -0.39 is 10.0 Å². The minimum Gasteiger partial charge on any atom is -0.497 e. The van der Waals surface area contributed by atoms with E-state index in [4.69, 9.17) is 4.74 Å². The van der Waals surface area contributed by atoms with Crippen LogP contribution in [-0.2, 0) is 10.0 Å². The van der Waals surface area contributed by atoms with Gasteiger partial charge in [0.2, 0.25) is 10.0 Å². The van der Waals surface area contributed by atoms with Crippen LogP contribution in [0, 0.1) is 0 Å². The number of nitrogens with zero attached hydrogens (tertiary/aromatic N) is 2. The maximum atomic E-state index is 13.0. The van der Waals surface area contributed by atoms with Gasteiger partial charge in [0.15, 0.2) is 0 Å². The van der Waals surface area contributed by atoms with Crippen LogP contribution in [0.3, 0.4) is 0 Å². The maximum Gasteiger partial charge on any atom is 0.251 e. The Hall–Kier alpha value is -2.42. The van der Waals surface area contributed by atoms with Crippen LogP contribution in [0.4, 0.5) is 0 Å². The fourth-order valence-corrected chi connectivity index (χ4v) is 4.94. The Balaban J connectivity index is 1.76. The molecule has 1 heterocycles. The quantitative estimate of drug-likeness (QED) is 0.729. The topological polar surface area (TPSA) is 79.0 Å². The number of nitrogens with one attached hydrogen (secondary N) is 1. The van der Waals surface area contributed by atoms with Gasteiger partial charge in [-0.1, -0.05) is 25.1 Å². The smallest absolute Gasteiger partial charge is 0.251 e. The number of likely N-dealkylation sites (N-methyl/N-ethyl adjacent to an activating group) is 1. The first-order valence-corrected chi connectivity index (χ1v) is 11.5. The molecule has 1 aliphatic rings. The molecule has 2 aromatic rings. The first-order chi connectivity index (χ1) is 14.3. The van der Waals surface area contributed by atoms with Crippen molar-refractivity contribution < 1.29 is 17.9 Å². The third-order valence-electron chi connectivity index (χ3n) is 5.43. The van der Waals surface area contributed by atoms with Gasteiger partial charge >= 0.3 is 0 Å². The number of piperazine rings is 1. The van der Waals surface area contributed by atoms with Crippen molar-refractivity contribution >= 4 is 15.9 Å². The first kappa shape index (κ1) is 22.3. The van der Waals surface area contributed by atoms with Crippen molar-refractivity contribution in [1.29, 1.82) is 0 Å². The molecule has 0 aliphatic carbocycles. The van der Waals surface area contributed by atoms with Gasteiger partial charge in [-0.3, -0.25) is 4.79 Å². The molecular formula is C22H29N3O4S. The van der Waals surface area contributed by atoms with Crippen molar-refractivity contribution in [3.63, 3.8) is 0 Å². The predicted molar refractivity (Wildman–Crippen MR) is 116 cm³/mol. The molecule has 1 fully saturated rings. The van der Waals surface area contributed by atoms with Gasteiger partial charge in [-0.2, -0.15) is 4.31 Å². The summed E-state index contributed by atoms with van der Waals surface area (Å²) in [5.74, 6) is 0.454. The molecule has 162 valence electrons. The van der Waals surface area contributed by atoms with Crippen molar-refractivity contribution in [3.05, 3.63) is 59.7 Å². The Morgan fingerprint density at radius 2 is 1.77 bits per heavy atom. The third-order valence-corrected chi connectivity index (χ3v) is 7.32. The molecule has 3 rings (SSSR count). The van der Waals surface area contributed by atoms with Crippen molar-refractivity contribution in [3.8, 4) is 5.75 Å². The number of hydrogen-bond donors (Lipinski definition) is 1. The summed E-state index contributed by atoms with van der Waals surface area (Å²) < 4.78 is 32.7. The first-order valence-electron chi connectivity index (χ1n) is 10.1. The molecule has 1 aliphatic heterocycles. The Bertz CT molecular complexity index is 968. The highest BCUT2D eigenvalue weighted by Crippen LogP contribution is 2.22. The molecule has 2 aromatic carbocycles. The van der Waals surface area contributed by atoms with Crippen molar-refractivity contribution in [1.82, 2.24) is 14.5 Å². The lowest BCUT2D eigenvalue weighted by Crippen LogP contribution is -2.47. The van der Waals surface area contributed by atoms with Gasteiger partial charge in [-0.05, 0) is 49.4 Å². The monoisotopic (exact) mass is 431 g/mol. The predicted octanol–water partition coefficient (Wildman–Crippen LogP) is 2.51. The Morgan fingerprint density at radius 3 is 2.37 bits per heavy atom. The lowest BCUT2D eigenvalue weighted by Gasteiger charge is -2.31. The van der Waals surface area contributed by atoms with Gasteiger partial charge in [0.05, 0.1) is 18.0 Å². The number of carbonyl (C=O) groups is 1. The van der Waals surface area contributed by atoms with E-state index in [1.165, 1.54) is 10.4 Å². The second-order valence-electron chi connectivity index (χ2n) is 7.44. The summed E-state index contributed by atoms with van der Waals surface area (Å²) in [5.41, 5.74) is 1.30. The number of carbonyl (C=O) groups excluding carboxylic acids is 1. The van der Waals surface area contributed by atoms with Crippen LogP contribution in [0.1, 0.15) is 35.3 Å². The van der Waals surface area contributed by atoms with Crippen molar-refractivity contribution in [2.24, 2.45) is 0 Å². The molecule has 0 unspecified atom stereocenters. The average molecular weight is 432 g/mol. The standard InChI is InChI=1S/C22H29N3O4S/c1-4-21(17-8-10-19(29-3)11-9-17)23-22(26)18-6-5-7-20(16-18)30(27,28)25-14-12-24(2)13-15-25/h5-11,16,21H,4,12-15H2,1-3H3,(H,23,26)/t21-/m0/s1. The zero-order chi connectivity index (χ0) is 21.7. The molecule has 0 aromatic heterocycles. The van der Waals surface area contributed by atoms with Crippen LogP contribution in [0.25, 0.3) is 0 Å². The second kappa shape index (κ2) is 9.59. The maximum absolute atomic E-state index is 13.0. The second-order valence-corrected chi connectivity index (χ2v) is 9.38. The van der Waals surface area contributed by atoms with E-state index in [-0.39, 0.29) is 16.8 Å². The minimum absolute atomic E-state index is 0.150. The van der Waals surface area contributed by atoms with E-state index in [1.54, 1.807) is 25.3 Å². The molecule has 1 amide bonds. The van der Waals surface area contributed by atoms with E-state index >= 15 is 0 Å². The fourth-order valence-electron chi connectivity index (χ4n) is 3.47. The molecule has 0 spiro atoms. The lowest BCUT2D eigenvalue weighted by molar-refractivity contribution is 0.0935. The van der Waals surface area contributed by atoms with Crippen molar-refractivity contribution in [2.45, 2.75) is 24.3 Å². The Kier molecular flexibility index (Phi) is 7.12. The SMILES string of the molecule is CC[C@H](NC(=O)c1cccc(S(=O)(=O)N2CCN(C)CC2)c1)c1ccc(OC)cc1. The lowest BCUT2D eigenvalue weighted by atomic mass is 10.0. The van der Waals surface area contributed by atoms with Crippen LogP contribution >= 0.6 is 0 Å². The van der Waals surface area contributed by atoms with Gasteiger partial charge in [-0.15, -0.1) is 0 Å². The zero-order valence-electron chi connectivity index (χ0n) is 17.7. The van der Waals surface area contributed by atoms with Gasteiger partial charge in [0, 0.05) is 31.7 Å². The van der Waals surface area contributed by atoms with E-state index in [1.807, 2.05) is 38.2 Å². The normalized spacial score (nSPS) is 16.8. The summed E-state index contributed by atoms with van der Waals surface area (Å²) in [7, 11) is -0.0401. The number of sulfonamides is 1. The van der Waals surface area contributed by atoms with Crippen LogP contribution in [-0.4, -0.2) is 63.9 Å². The average Bonchev–Trinajstić information content (AvgIpc) is 2.77. The summed E-state index contributed by atoms with van der Waals surface area (Å²) in [6.07, 6.45) is 0.706. The summed E-state index contributed by atoms with van der Waals surface area (Å²) >= 11 is 0. The van der Waals surface area contributed by atoms with Crippen LogP contribution in [0.5, 0.6) is 5.75 Å². The van der Waals surface area contributed by atoms with Gasteiger partial charge < -0.3 is 15.0 Å². The Morgan fingerprint density at radius 1 is 1.10 bits per heavy atom.